The van der Waals surface area contributed by atoms with Gasteiger partial charge in [0.1, 0.15) is 9.84 Å². The van der Waals surface area contributed by atoms with Gasteiger partial charge < -0.3 is 10.4 Å². The lowest BCUT2D eigenvalue weighted by Crippen LogP contribution is -2.45. The van der Waals surface area contributed by atoms with Crippen molar-refractivity contribution in [3.8, 4) is 0 Å². The summed E-state index contributed by atoms with van der Waals surface area (Å²) in [6, 6.07) is 0. The summed E-state index contributed by atoms with van der Waals surface area (Å²) in [5, 5.41) is 13.4. The van der Waals surface area contributed by atoms with E-state index in [1.165, 1.54) is 6.26 Å². The first-order chi connectivity index (χ1) is 6.81. The summed E-state index contributed by atoms with van der Waals surface area (Å²) < 4.78 is 22.1. The van der Waals surface area contributed by atoms with Crippen molar-refractivity contribution in [2.24, 2.45) is 5.92 Å². The van der Waals surface area contributed by atoms with Crippen LogP contribution in [0.3, 0.4) is 0 Å². The Morgan fingerprint density at radius 2 is 2.20 bits per heavy atom. The van der Waals surface area contributed by atoms with Crippen molar-refractivity contribution in [1.29, 1.82) is 0 Å². The standard InChI is InChI=1S/C10H21NO3S/c1-10(12,5-7-15(2,13)14)9-4-3-6-11-8-9/h9,11-12H,3-8H2,1-2H3. The fraction of sp³-hybridized carbons (Fsp3) is 1.00. The zero-order valence-corrected chi connectivity index (χ0v) is 10.3. The molecule has 2 atom stereocenters. The van der Waals surface area contributed by atoms with Crippen molar-refractivity contribution in [3.05, 3.63) is 0 Å². The Balaban J connectivity index is 2.49. The molecule has 1 fully saturated rings. The lowest BCUT2D eigenvalue weighted by Gasteiger charge is -2.35. The minimum absolute atomic E-state index is 0.0660. The quantitative estimate of drug-likeness (QED) is 0.729. The monoisotopic (exact) mass is 235 g/mol. The van der Waals surface area contributed by atoms with Crippen LogP contribution in [-0.2, 0) is 9.84 Å². The number of piperidine rings is 1. The van der Waals surface area contributed by atoms with Gasteiger partial charge in [-0.1, -0.05) is 0 Å². The van der Waals surface area contributed by atoms with Crippen LogP contribution < -0.4 is 5.32 Å². The largest absolute Gasteiger partial charge is 0.390 e. The van der Waals surface area contributed by atoms with E-state index in [1.54, 1.807) is 6.92 Å². The Labute approximate surface area is 92.0 Å². The molecule has 0 aromatic heterocycles. The Morgan fingerprint density at radius 3 is 2.67 bits per heavy atom. The van der Waals surface area contributed by atoms with Gasteiger partial charge in [0.25, 0.3) is 0 Å². The average Bonchev–Trinajstić information content (AvgIpc) is 2.16. The first kappa shape index (κ1) is 12.9. The molecular weight excluding hydrogens is 214 g/mol. The normalized spacial score (nSPS) is 27.3. The highest BCUT2D eigenvalue weighted by molar-refractivity contribution is 7.90. The number of sulfone groups is 1. The Morgan fingerprint density at radius 1 is 1.53 bits per heavy atom. The summed E-state index contributed by atoms with van der Waals surface area (Å²) >= 11 is 0. The summed E-state index contributed by atoms with van der Waals surface area (Å²) in [6.45, 7) is 3.53. The number of aliphatic hydroxyl groups is 1. The molecule has 1 aliphatic heterocycles. The topological polar surface area (TPSA) is 66.4 Å². The first-order valence-electron chi connectivity index (χ1n) is 5.42. The molecule has 2 unspecified atom stereocenters. The van der Waals surface area contributed by atoms with Gasteiger partial charge in [0.05, 0.1) is 11.4 Å². The Bertz CT molecular complexity index is 292. The van der Waals surface area contributed by atoms with E-state index in [0.717, 1.165) is 25.9 Å². The molecule has 0 aliphatic carbocycles. The van der Waals surface area contributed by atoms with Gasteiger partial charge in [-0.15, -0.1) is 0 Å². The average molecular weight is 235 g/mol. The van der Waals surface area contributed by atoms with Gasteiger partial charge in [0.15, 0.2) is 0 Å². The van der Waals surface area contributed by atoms with Crippen LogP contribution in [0.2, 0.25) is 0 Å². The zero-order valence-electron chi connectivity index (χ0n) is 9.49. The summed E-state index contributed by atoms with van der Waals surface area (Å²) in [5.74, 6) is 0.240. The number of hydrogen-bond acceptors (Lipinski definition) is 4. The summed E-state index contributed by atoms with van der Waals surface area (Å²) in [5.41, 5.74) is -0.865. The van der Waals surface area contributed by atoms with E-state index in [4.69, 9.17) is 0 Å². The van der Waals surface area contributed by atoms with E-state index >= 15 is 0 Å². The molecule has 4 nitrogen and oxygen atoms in total. The molecular formula is C10H21NO3S. The third-order valence-electron chi connectivity index (χ3n) is 3.16. The molecule has 0 bridgehead atoms. The van der Waals surface area contributed by atoms with Crippen molar-refractivity contribution >= 4 is 9.84 Å². The van der Waals surface area contributed by atoms with Crippen molar-refractivity contribution in [2.75, 3.05) is 25.1 Å². The van der Waals surface area contributed by atoms with Crippen molar-refractivity contribution in [2.45, 2.75) is 31.8 Å². The lowest BCUT2D eigenvalue weighted by atomic mass is 9.82. The fourth-order valence-electron chi connectivity index (χ4n) is 1.98. The van der Waals surface area contributed by atoms with E-state index in [2.05, 4.69) is 5.32 Å². The van der Waals surface area contributed by atoms with Crippen LogP contribution in [0.5, 0.6) is 0 Å². The Hall–Kier alpha value is -0.130. The van der Waals surface area contributed by atoms with Gasteiger partial charge in [-0.25, -0.2) is 8.42 Å². The second kappa shape index (κ2) is 4.80. The summed E-state index contributed by atoms with van der Waals surface area (Å²) in [4.78, 5) is 0. The predicted octanol–water partition coefficient (Wildman–Crippen LogP) is 0.172. The highest BCUT2D eigenvalue weighted by Gasteiger charge is 2.33. The van der Waals surface area contributed by atoms with Gasteiger partial charge >= 0.3 is 0 Å². The predicted molar refractivity (Wildman–Crippen MR) is 60.5 cm³/mol. The number of rotatable bonds is 4. The van der Waals surface area contributed by atoms with Crippen LogP contribution in [0.1, 0.15) is 26.2 Å². The molecule has 1 aliphatic rings. The molecule has 5 heteroatoms. The van der Waals surface area contributed by atoms with Crippen LogP contribution in [0, 0.1) is 5.92 Å². The number of nitrogens with one attached hydrogen (secondary N) is 1. The number of hydrogen-bond donors (Lipinski definition) is 2. The second-order valence-electron chi connectivity index (χ2n) is 4.78. The van der Waals surface area contributed by atoms with Crippen LogP contribution >= 0.6 is 0 Å². The molecule has 1 saturated heterocycles. The molecule has 0 amide bonds. The van der Waals surface area contributed by atoms with Crippen LogP contribution in [0.4, 0.5) is 0 Å². The van der Waals surface area contributed by atoms with Crippen molar-refractivity contribution in [3.63, 3.8) is 0 Å². The maximum absolute atomic E-state index is 11.0. The molecule has 90 valence electrons. The SMILES string of the molecule is CC(O)(CCS(C)(=O)=O)C1CCCNC1. The van der Waals surface area contributed by atoms with E-state index in [1.807, 2.05) is 0 Å². The second-order valence-corrected chi connectivity index (χ2v) is 7.04. The molecule has 0 spiro atoms. The van der Waals surface area contributed by atoms with Crippen molar-refractivity contribution in [1.82, 2.24) is 5.32 Å². The molecule has 1 heterocycles. The molecule has 0 radical (unpaired) electrons. The van der Waals surface area contributed by atoms with Gasteiger partial charge in [-0.3, -0.25) is 0 Å². The third kappa shape index (κ3) is 4.49. The smallest absolute Gasteiger partial charge is 0.147 e. The first-order valence-corrected chi connectivity index (χ1v) is 7.48. The molecule has 2 N–H and O–H groups in total. The Kier molecular flexibility index (Phi) is 4.14. The minimum Gasteiger partial charge on any atom is -0.390 e. The molecule has 15 heavy (non-hydrogen) atoms. The molecule has 0 aromatic rings. The zero-order chi connectivity index (χ0) is 11.5. The van der Waals surface area contributed by atoms with E-state index in [9.17, 15) is 13.5 Å². The third-order valence-corrected chi connectivity index (χ3v) is 4.10. The van der Waals surface area contributed by atoms with Gasteiger partial charge in [0, 0.05) is 12.8 Å². The van der Waals surface area contributed by atoms with Crippen LogP contribution in [0.15, 0.2) is 0 Å². The van der Waals surface area contributed by atoms with Gasteiger partial charge in [-0.05, 0) is 38.6 Å². The maximum atomic E-state index is 11.0. The highest BCUT2D eigenvalue weighted by atomic mass is 32.2. The summed E-state index contributed by atoms with van der Waals surface area (Å²) in [6.07, 6.45) is 3.57. The van der Waals surface area contributed by atoms with Crippen LogP contribution in [-0.4, -0.2) is 44.2 Å². The lowest BCUT2D eigenvalue weighted by molar-refractivity contribution is -0.0131. The van der Waals surface area contributed by atoms with Crippen LogP contribution in [0.25, 0.3) is 0 Å². The van der Waals surface area contributed by atoms with Gasteiger partial charge in [-0.2, -0.15) is 0 Å². The fourth-order valence-corrected chi connectivity index (χ4v) is 2.76. The van der Waals surface area contributed by atoms with E-state index in [-0.39, 0.29) is 11.7 Å². The molecule has 1 rings (SSSR count). The molecule has 0 saturated carbocycles. The highest BCUT2D eigenvalue weighted by Crippen LogP contribution is 2.27. The van der Waals surface area contributed by atoms with E-state index < -0.39 is 15.4 Å². The minimum atomic E-state index is -2.98. The van der Waals surface area contributed by atoms with Gasteiger partial charge in [0.2, 0.25) is 0 Å². The maximum Gasteiger partial charge on any atom is 0.147 e. The summed E-state index contributed by atoms with van der Waals surface area (Å²) in [7, 11) is -2.98. The molecule has 0 aromatic carbocycles. The van der Waals surface area contributed by atoms with E-state index in [0.29, 0.717) is 6.42 Å². The van der Waals surface area contributed by atoms with Crippen molar-refractivity contribution < 1.29 is 13.5 Å².